The summed E-state index contributed by atoms with van der Waals surface area (Å²) < 4.78 is 13.2. The number of fused-ring (bicyclic) bond motifs is 1. The Balaban J connectivity index is 1.95. The number of nitrogens with one attached hydrogen (secondary N) is 1. The lowest BCUT2D eigenvalue weighted by molar-refractivity contribution is 0.387. The summed E-state index contributed by atoms with van der Waals surface area (Å²) in [6, 6.07) is 5.25. The molecule has 0 aliphatic heterocycles. The summed E-state index contributed by atoms with van der Waals surface area (Å²) in [5.74, 6) is 0.633. The lowest BCUT2D eigenvalue weighted by Gasteiger charge is -2.37. The van der Waals surface area contributed by atoms with Crippen LogP contribution in [0, 0.1) is 5.82 Å². The van der Waals surface area contributed by atoms with Gasteiger partial charge in [-0.05, 0) is 37.5 Å². The zero-order valence-corrected chi connectivity index (χ0v) is 11.6. The maximum absolute atomic E-state index is 13.2. The van der Waals surface area contributed by atoms with Crippen molar-refractivity contribution in [3.05, 3.63) is 24.0 Å². The smallest absolute Gasteiger partial charge is 0.204 e. The van der Waals surface area contributed by atoms with Gasteiger partial charge in [-0.3, -0.25) is 0 Å². The van der Waals surface area contributed by atoms with Crippen LogP contribution in [-0.4, -0.2) is 27.9 Å². The summed E-state index contributed by atoms with van der Waals surface area (Å²) in [6.07, 6.45) is 3.73. The Morgan fingerprint density at radius 3 is 2.94 bits per heavy atom. The molecule has 0 unspecified atom stereocenters. The minimum Gasteiger partial charge on any atom is -0.339 e. The number of nitrogens with zero attached hydrogens (tertiary/aromatic N) is 2. The topological polar surface area (TPSA) is 31.9 Å². The number of H-pyrrole nitrogens is 1. The highest BCUT2D eigenvalue weighted by Gasteiger charge is 2.26. The largest absolute Gasteiger partial charge is 0.339 e. The van der Waals surface area contributed by atoms with E-state index in [2.05, 4.69) is 30.8 Å². The molecule has 1 aromatic heterocycles. The molecular weight excluding hydrogens is 297 g/mol. The van der Waals surface area contributed by atoms with Gasteiger partial charge in [0.2, 0.25) is 5.95 Å². The fourth-order valence-corrected chi connectivity index (χ4v) is 2.74. The molecule has 1 aliphatic rings. The number of hydrogen-bond donors (Lipinski definition) is 1. The molecule has 1 fully saturated rings. The van der Waals surface area contributed by atoms with E-state index < -0.39 is 0 Å². The minimum atomic E-state index is -0.228. The first-order valence-corrected chi connectivity index (χ1v) is 7.38. The first kappa shape index (κ1) is 12.0. The number of aromatic amines is 1. The van der Waals surface area contributed by atoms with E-state index in [1.807, 2.05) is 0 Å². The molecule has 0 atom stereocenters. The normalized spacial score (nSPS) is 15.9. The van der Waals surface area contributed by atoms with Gasteiger partial charge >= 0.3 is 0 Å². The lowest BCUT2D eigenvalue weighted by atomic mass is 9.92. The van der Waals surface area contributed by atoms with Gasteiger partial charge in [-0.2, -0.15) is 0 Å². The van der Waals surface area contributed by atoms with E-state index in [0.717, 1.165) is 28.9 Å². The standard InChI is InChI=1S/C13H15BrFN3/c14-6-7-18(10-2-1-3-10)13-16-11-5-4-9(15)8-12(11)17-13/h4-5,8,10H,1-3,6-7H2,(H,16,17). The molecule has 1 aromatic carbocycles. The van der Waals surface area contributed by atoms with Crippen molar-refractivity contribution < 1.29 is 4.39 Å². The highest BCUT2D eigenvalue weighted by molar-refractivity contribution is 9.09. The number of benzene rings is 1. The average Bonchev–Trinajstić information content (AvgIpc) is 2.68. The van der Waals surface area contributed by atoms with Crippen molar-refractivity contribution >= 4 is 32.9 Å². The van der Waals surface area contributed by atoms with Crippen molar-refractivity contribution in [2.75, 3.05) is 16.8 Å². The fourth-order valence-electron chi connectivity index (χ4n) is 2.36. The van der Waals surface area contributed by atoms with Crippen molar-refractivity contribution in [2.45, 2.75) is 25.3 Å². The number of halogens is 2. The lowest BCUT2D eigenvalue weighted by Crippen LogP contribution is -2.42. The third-order valence-electron chi connectivity index (χ3n) is 3.54. The zero-order valence-electron chi connectivity index (χ0n) is 10.00. The SMILES string of the molecule is Fc1ccc2nc(N(CCBr)C3CCC3)[nH]c2c1. The molecule has 1 aliphatic carbocycles. The third kappa shape index (κ3) is 2.11. The van der Waals surface area contributed by atoms with E-state index in [1.54, 1.807) is 6.07 Å². The van der Waals surface area contributed by atoms with Gasteiger partial charge in [0.1, 0.15) is 5.82 Å². The van der Waals surface area contributed by atoms with Crippen molar-refractivity contribution in [3.63, 3.8) is 0 Å². The zero-order chi connectivity index (χ0) is 12.5. The third-order valence-corrected chi connectivity index (χ3v) is 3.90. The van der Waals surface area contributed by atoms with E-state index in [9.17, 15) is 4.39 Å². The van der Waals surface area contributed by atoms with Crippen LogP contribution >= 0.6 is 15.9 Å². The molecule has 5 heteroatoms. The molecule has 0 radical (unpaired) electrons. The summed E-state index contributed by atoms with van der Waals surface area (Å²) in [4.78, 5) is 10.1. The first-order valence-electron chi connectivity index (χ1n) is 6.26. The number of aromatic nitrogens is 2. The summed E-state index contributed by atoms with van der Waals surface area (Å²) >= 11 is 3.48. The summed E-state index contributed by atoms with van der Waals surface area (Å²) in [7, 11) is 0. The van der Waals surface area contributed by atoms with Gasteiger partial charge in [0, 0.05) is 17.9 Å². The molecular formula is C13H15BrFN3. The Hall–Kier alpha value is -1.10. The van der Waals surface area contributed by atoms with Gasteiger partial charge in [0.25, 0.3) is 0 Å². The molecule has 2 aromatic rings. The van der Waals surface area contributed by atoms with Crippen LogP contribution in [0.1, 0.15) is 19.3 Å². The number of hydrogen-bond acceptors (Lipinski definition) is 2. The molecule has 0 amide bonds. The number of alkyl halides is 1. The maximum atomic E-state index is 13.2. The van der Waals surface area contributed by atoms with Crippen molar-refractivity contribution in [1.29, 1.82) is 0 Å². The van der Waals surface area contributed by atoms with Gasteiger partial charge in [0.05, 0.1) is 11.0 Å². The molecule has 3 rings (SSSR count). The second-order valence-electron chi connectivity index (χ2n) is 4.69. The maximum Gasteiger partial charge on any atom is 0.204 e. The van der Waals surface area contributed by atoms with E-state index in [1.165, 1.54) is 31.4 Å². The Morgan fingerprint density at radius 1 is 1.44 bits per heavy atom. The van der Waals surface area contributed by atoms with Crippen molar-refractivity contribution in [1.82, 2.24) is 9.97 Å². The van der Waals surface area contributed by atoms with Crippen LogP contribution in [0.5, 0.6) is 0 Å². The molecule has 3 nitrogen and oxygen atoms in total. The Bertz CT molecular complexity index is 550. The van der Waals surface area contributed by atoms with Crippen molar-refractivity contribution in [2.24, 2.45) is 0 Å². The van der Waals surface area contributed by atoms with Gasteiger partial charge in [-0.1, -0.05) is 15.9 Å². The van der Waals surface area contributed by atoms with E-state index in [4.69, 9.17) is 0 Å². The van der Waals surface area contributed by atoms with Crippen LogP contribution in [0.2, 0.25) is 0 Å². The molecule has 0 spiro atoms. The predicted octanol–water partition coefficient (Wildman–Crippen LogP) is 3.46. The van der Waals surface area contributed by atoms with E-state index >= 15 is 0 Å². The first-order chi connectivity index (χ1) is 8.78. The quantitative estimate of drug-likeness (QED) is 0.877. The number of imidazole rings is 1. The van der Waals surface area contributed by atoms with Crippen LogP contribution in [0.25, 0.3) is 11.0 Å². The van der Waals surface area contributed by atoms with Gasteiger partial charge in [-0.15, -0.1) is 0 Å². The highest BCUT2D eigenvalue weighted by atomic mass is 79.9. The number of anilines is 1. The molecule has 18 heavy (non-hydrogen) atoms. The molecule has 1 heterocycles. The predicted molar refractivity (Wildman–Crippen MR) is 74.8 cm³/mol. The van der Waals surface area contributed by atoms with Gasteiger partial charge in [-0.25, -0.2) is 9.37 Å². The van der Waals surface area contributed by atoms with Crippen LogP contribution in [0.4, 0.5) is 10.3 Å². The Morgan fingerprint density at radius 2 is 2.28 bits per heavy atom. The van der Waals surface area contributed by atoms with Crippen LogP contribution < -0.4 is 4.90 Å². The minimum absolute atomic E-state index is 0.228. The van der Waals surface area contributed by atoms with E-state index in [0.29, 0.717) is 6.04 Å². The van der Waals surface area contributed by atoms with Gasteiger partial charge in [0.15, 0.2) is 0 Å². The molecule has 96 valence electrons. The molecule has 1 saturated carbocycles. The summed E-state index contributed by atoms with van der Waals surface area (Å²) in [5, 5.41) is 0.912. The molecule has 0 bridgehead atoms. The van der Waals surface area contributed by atoms with Crippen molar-refractivity contribution in [3.8, 4) is 0 Å². The molecule has 1 N–H and O–H groups in total. The Labute approximate surface area is 114 Å². The summed E-state index contributed by atoms with van der Waals surface area (Å²) in [5.41, 5.74) is 1.59. The second-order valence-corrected chi connectivity index (χ2v) is 5.48. The average molecular weight is 312 g/mol. The Kier molecular flexibility index (Phi) is 3.24. The number of rotatable bonds is 4. The second kappa shape index (κ2) is 4.88. The van der Waals surface area contributed by atoms with Crippen LogP contribution in [-0.2, 0) is 0 Å². The monoisotopic (exact) mass is 311 g/mol. The summed E-state index contributed by atoms with van der Waals surface area (Å²) in [6.45, 7) is 0.924. The van der Waals surface area contributed by atoms with Crippen LogP contribution in [0.3, 0.4) is 0 Å². The van der Waals surface area contributed by atoms with Crippen LogP contribution in [0.15, 0.2) is 18.2 Å². The fraction of sp³-hybridized carbons (Fsp3) is 0.462. The molecule has 0 saturated heterocycles. The van der Waals surface area contributed by atoms with E-state index in [-0.39, 0.29) is 5.82 Å². The highest BCUT2D eigenvalue weighted by Crippen LogP contribution is 2.29. The van der Waals surface area contributed by atoms with Gasteiger partial charge < -0.3 is 9.88 Å².